The van der Waals surface area contributed by atoms with Crippen molar-refractivity contribution in [3.63, 3.8) is 0 Å². The lowest BCUT2D eigenvalue weighted by atomic mass is 10.3. The maximum atomic E-state index is 9.56. The highest BCUT2D eigenvalue weighted by Crippen LogP contribution is 2.32. The number of aromatic nitrogens is 2. The van der Waals surface area contributed by atoms with Crippen LogP contribution < -0.4 is 0 Å². The average molecular weight is 218 g/mol. The normalized spacial score (nSPS) is 10.2. The number of aromatic hydroxyl groups is 1. The van der Waals surface area contributed by atoms with Gasteiger partial charge in [0.1, 0.15) is 10.8 Å². The van der Waals surface area contributed by atoms with Crippen LogP contribution in [0, 0.1) is 6.92 Å². The van der Waals surface area contributed by atoms with Gasteiger partial charge in [0.05, 0.1) is 10.6 Å². The molecular weight excluding hydrogens is 208 g/mol. The Bertz CT molecular complexity index is 456. The molecule has 0 atom stereocenters. The lowest BCUT2D eigenvalue weighted by Crippen LogP contribution is -1.87. The molecule has 4 heteroatoms. The molecule has 1 aromatic heterocycles. The van der Waals surface area contributed by atoms with Crippen molar-refractivity contribution in [1.82, 2.24) is 10.2 Å². The van der Waals surface area contributed by atoms with Gasteiger partial charge in [-0.1, -0.05) is 23.9 Å². The molecule has 2 aromatic rings. The largest absolute Gasteiger partial charge is 0.507 e. The van der Waals surface area contributed by atoms with Gasteiger partial charge in [0.2, 0.25) is 0 Å². The van der Waals surface area contributed by atoms with E-state index in [2.05, 4.69) is 10.2 Å². The van der Waals surface area contributed by atoms with Crippen LogP contribution in [0.3, 0.4) is 0 Å². The number of phenolic OH excluding ortho intramolecular Hbond substituents is 1. The van der Waals surface area contributed by atoms with Gasteiger partial charge in [-0.25, -0.2) is 0 Å². The van der Waals surface area contributed by atoms with Crippen LogP contribution in [0.5, 0.6) is 5.75 Å². The number of aryl methyl sites for hydroxylation is 1. The molecule has 0 bridgehead atoms. The van der Waals surface area contributed by atoms with Crippen LogP contribution in [0.15, 0.2) is 46.3 Å². The lowest BCUT2D eigenvalue weighted by molar-refractivity contribution is 0.462. The Labute approximate surface area is 92.2 Å². The summed E-state index contributed by atoms with van der Waals surface area (Å²) in [7, 11) is 0. The van der Waals surface area contributed by atoms with E-state index in [1.807, 2.05) is 31.2 Å². The summed E-state index contributed by atoms with van der Waals surface area (Å²) < 4.78 is 0. The van der Waals surface area contributed by atoms with Crippen LogP contribution in [0.4, 0.5) is 0 Å². The molecule has 1 aromatic carbocycles. The van der Waals surface area contributed by atoms with Gasteiger partial charge in [0.15, 0.2) is 0 Å². The monoisotopic (exact) mass is 218 g/mol. The van der Waals surface area contributed by atoms with E-state index in [0.29, 0.717) is 0 Å². The summed E-state index contributed by atoms with van der Waals surface area (Å²) in [5.74, 6) is 0.268. The Balaban J connectivity index is 2.22. The van der Waals surface area contributed by atoms with Gasteiger partial charge in [0.25, 0.3) is 0 Å². The van der Waals surface area contributed by atoms with Crippen molar-refractivity contribution in [2.75, 3.05) is 0 Å². The third-order valence-electron chi connectivity index (χ3n) is 1.85. The van der Waals surface area contributed by atoms with E-state index in [0.717, 1.165) is 15.6 Å². The van der Waals surface area contributed by atoms with Gasteiger partial charge in [0, 0.05) is 0 Å². The SMILES string of the molecule is Cc1ccc(Sc2ccccc2O)nn1. The van der Waals surface area contributed by atoms with E-state index in [-0.39, 0.29) is 5.75 Å². The summed E-state index contributed by atoms with van der Waals surface area (Å²) in [6.07, 6.45) is 0. The van der Waals surface area contributed by atoms with Crippen LogP contribution in [0.25, 0.3) is 0 Å². The minimum Gasteiger partial charge on any atom is -0.507 e. The van der Waals surface area contributed by atoms with Gasteiger partial charge >= 0.3 is 0 Å². The Kier molecular flexibility index (Phi) is 2.87. The van der Waals surface area contributed by atoms with E-state index >= 15 is 0 Å². The van der Waals surface area contributed by atoms with Gasteiger partial charge < -0.3 is 5.11 Å². The van der Waals surface area contributed by atoms with E-state index < -0.39 is 0 Å². The van der Waals surface area contributed by atoms with Crippen molar-refractivity contribution in [3.05, 3.63) is 42.1 Å². The number of nitrogens with zero attached hydrogens (tertiary/aromatic N) is 2. The molecule has 0 aliphatic heterocycles. The highest BCUT2D eigenvalue weighted by atomic mass is 32.2. The number of benzene rings is 1. The molecule has 0 spiro atoms. The number of hydrogen-bond donors (Lipinski definition) is 1. The van der Waals surface area contributed by atoms with Crippen molar-refractivity contribution in [2.45, 2.75) is 16.8 Å². The van der Waals surface area contributed by atoms with Crippen molar-refractivity contribution in [2.24, 2.45) is 0 Å². The first kappa shape index (κ1) is 9.98. The molecule has 3 nitrogen and oxygen atoms in total. The molecule has 0 aliphatic rings. The molecule has 1 heterocycles. The maximum absolute atomic E-state index is 9.56. The molecule has 0 saturated carbocycles. The maximum Gasteiger partial charge on any atom is 0.129 e. The first-order chi connectivity index (χ1) is 7.25. The summed E-state index contributed by atoms with van der Waals surface area (Å²) in [5, 5.41) is 18.3. The average Bonchev–Trinajstić information content (AvgIpc) is 2.25. The second-order valence-corrected chi connectivity index (χ2v) is 4.14. The molecule has 1 N–H and O–H groups in total. The van der Waals surface area contributed by atoms with Crippen LogP contribution in [0.2, 0.25) is 0 Å². The number of hydrogen-bond acceptors (Lipinski definition) is 4. The fourth-order valence-corrected chi connectivity index (χ4v) is 1.86. The van der Waals surface area contributed by atoms with Gasteiger partial charge in [-0.15, -0.1) is 5.10 Å². The Morgan fingerprint density at radius 3 is 2.53 bits per heavy atom. The molecule has 76 valence electrons. The topological polar surface area (TPSA) is 46.0 Å². The molecule has 0 amide bonds. The van der Waals surface area contributed by atoms with Crippen molar-refractivity contribution < 1.29 is 5.11 Å². The zero-order valence-electron chi connectivity index (χ0n) is 8.21. The zero-order valence-corrected chi connectivity index (χ0v) is 9.03. The first-order valence-electron chi connectivity index (χ1n) is 4.52. The third kappa shape index (κ3) is 2.47. The Morgan fingerprint density at radius 1 is 1.07 bits per heavy atom. The smallest absolute Gasteiger partial charge is 0.129 e. The second kappa shape index (κ2) is 4.31. The fourth-order valence-electron chi connectivity index (χ4n) is 1.10. The van der Waals surface area contributed by atoms with Crippen molar-refractivity contribution in [3.8, 4) is 5.75 Å². The number of para-hydroxylation sites is 1. The molecule has 2 rings (SSSR count). The minimum atomic E-state index is 0.268. The summed E-state index contributed by atoms with van der Waals surface area (Å²) in [4.78, 5) is 0.788. The van der Waals surface area contributed by atoms with Crippen LogP contribution in [0.1, 0.15) is 5.69 Å². The molecular formula is C11H10N2OS. The van der Waals surface area contributed by atoms with E-state index in [1.165, 1.54) is 11.8 Å². The quantitative estimate of drug-likeness (QED) is 0.841. The van der Waals surface area contributed by atoms with Crippen LogP contribution in [-0.4, -0.2) is 15.3 Å². The van der Waals surface area contributed by atoms with Gasteiger partial charge in [-0.2, -0.15) is 5.10 Å². The zero-order chi connectivity index (χ0) is 10.7. The number of phenols is 1. The molecule has 0 fully saturated rings. The van der Waals surface area contributed by atoms with Crippen LogP contribution in [-0.2, 0) is 0 Å². The molecule has 0 saturated heterocycles. The second-order valence-electron chi connectivity index (χ2n) is 3.08. The number of rotatable bonds is 2. The standard InChI is InChI=1S/C11H10N2OS/c1-8-6-7-11(13-12-8)15-10-5-3-2-4-9(10)14/h2-7,14H,1H3. The molecule has 15 heavy (non-hydrogen) atoms. The predicted molar refractivity (Wildman–Crippen MR) is 59.0 cm³/mol. The Hall–Kier alpha value is -1.55. The third-order valence-corrected chi connectivity index (χ3v) is 2.85. The summed E-state index contributed by atoms with van der Waals surface area (Å²) >= 11 is 1.40. The molecule has 0 radical (unpaired) electrons. The fraction of sp³-hybridized carbons (Fsp3) is 0.0909. The highest BCUT2D eigenvalue weighted by molar-refractivity contribution is 7.99. The predicted octanol–water partition coefficient (Wildman–Crippen LogP) is 2.64. The Morgan fingerprint density at radius 2 is 1.87 bits per heavy atom. The van der Waals surface area contributed by atoms with E-state index in [1.54, 1.807) is 12.1 Å². The van der Waals surface area contributed by atoms with E-state index in [4.69, 9.17) is 0 Å². The van der Waals surface area contributed by atoms with Crippen molar-refractivity contribution >= 4 is 11.8 Å². The van der Waals surface area contributed by atoms with Crippen molar-refractivity contribution in [1.29, 1.82) is 0 Å². The first-order valence-corrected chi connectivity index (χ1v) is 5.33. The van der Waals surface area contributed by atoms with Crippen LogP contribution >= 0.6 is 11.8 Å². The minimum absolute atomic E-state index is 0.268. The van der Waals surface area contributed by atoms with Gasteiger partial charge in [-0.3, -0.25) is 0 Å². The van der Waals surface area contributed by atoms with E-state index in [9.17, 15) is 5.11 Å². The summed E-state index contributed by atoms with van der Waals surface area (Å²) in [6, 6.07) is 11.0. The van der Waals surface area contributed by atoms with Gasteiger partial charge in [-0.05, 0) is 31.2 Å². The lowest BCUT2D eigenvalue weighted by Gasteiger charge is -2.02. The summed E-state index contributed by atoms with van der Waals surface area (Å²) in [6.45, 7) is 1.89. The highest BCUT2D eigenvalue weighted by Gasteiger charge is 2.03. The molecule has 0 unspecified atom stereocenters. The molecule has 0 aliphatic carbocycles. The summed E-state index contributed by atoms with van der Waals surface area (Å²) in [5.41, 5.74) is 0.886.